The molecule has 0 bridgehead atoms. The molecule has 0 aromatic heterocycles. The van der Waals surface area contributed by atoms with Crippen LogP contribution in [-0.4, -0.2) is 22.6 Å². The van der Waals surface area contributed by atoms with Crippen LogP contribution in [0.2, 0.25) is 0 Å². The number of thioether (sulfide) groups is 1. The highest BCUT2D eigenvalue weighted by Crippen LogP contribution is 2.33. The molecule has 0 aliphatic rings. The molecule has 0 atom stereocenters. The predicted octanol–water partition coefficient (Wildman–Crippen LogP) is 4.38. The Bertz CT molecular complexity index is 727. The number of carbonyl (C=O) groups excluding carboxylic acids is 1. The number of benzene rings is 2. The highest BCUT2D eigenvalue weighted by atomic mass is 32.2. The first-order valence-electron chi connectivity index (χ1n) is 6.44. The van der Waals surface area contributed by atoms with Crippen molar-refractivity contribution in [3.8, 4) is 0 Å². The molecule has 2 aromatic rings. The van der Waals surface area contributed by atoms with Gasteiger partial charge in [-0.25, -0.2) is 4.79 Å². The first-order valence-corrected chi connectivity index (χ1v) is 7.42. The first kappa shape index (κ1) is 17.1. The molecule has 120 valence electrons. The highest BCUT2D eigenvalue weighted by Gasteiger charge is 2.31. The van der Waals surface area contributed by atoms with Crippen LogP contribution in [0.3, 0.4) is 0 Å². The number of carbonyl (C=O) groups is 2. The lowest BCUT2D eigenvalue weighted by atomic mass is 10.1. The molecule has 2 rings (SSSR count). The number of alkyl halides is 3. The van der Waals surface area contributed by atoms with Gasteiger partial charge in [0.05, 0.1) is 16.9 Å². The monoisotopic (exact) mass is 340 g/mol. The number of carboxylic acid groups (broad SMARTS) is 1. The molecule has 0 heterocycles. The van der Waals surface area contributed by atoms with Crippen LogP contribution in [0.15, 0.2) is 53.4 Å². The van der Waals surface area contributed by atoms with E-state index in [4.69, 9.17) is 5.11 Å². The van der Waals surface area contributed by atoms with Crippen LogP contribution in [0.1, 0.15) is 26.3 Å². The second-order valence-electron chi connectivity index (χ2n) is 4.63. The van der Waals surface area contributed by atoms with E-state index in [9.17, 15) is 22.8 Å². The van der Waals surface area contributed by atoms with Gasteiger partial charge in [0.25, 0.3) is 0 Å². The molecule has 7 heteroatoms. The maximum Gasteiger partial charge on any atom is 0.416 e. The Morgan fingerprint density at radius 2 is 1.65 bits per heavy atom. The van der Waals surface area contributed by atoms with Gasteiger partial charge in [0, 0.05) is 10.5 Å². The van der Waals surface area contributed by atoms with Crippen LogP contribution in [0.4, 0.5) is 13.2 Å². The summed E-state index contributed by atoms with van der Waals surface area (Å²) in [5, 5.41) is 8.91. The number of hydrogen-bond acceptors (Lipinski definition) is 3. The number of ketones is 1. The summed E-state index contributed by atoms with van der Waals surface area (Å²) < 4.78 is 38.4. The van der Waals surface area contributed by atoms with E-state index < -0.39 is 23.3 Å². The molecule has 0 radical (unpaired) electrons. The third kappa shape index (κ3) is 4.59. The minimum absolute atomic E-state index is 0.0790. The zero-order valence-electron chi connectivity index (χ0n) is 11.6. The van der Waals surface area contributed by atoms with E-state index in [0.29, 0.717) is 11.6 Å². The molecule has 2 aromatic carbocycles. The average molecular weight is 340 g/mol. The van der Waals surface area contributed by atoms with Gasteiger partial charge < -0.3 is 5.11 Å². The lowest BCUT2D eigenvalue weighted by Gasteiger charge is -2.10. The van der Waals surface area contributed by atoms with Gasteiger partial charge in [0.2, 0.25) is 0 Å². The van der Waals surface area contributed by atoms with Crippen molar-refractivity contribution in [2.24, 2.45) is 0 Å². The third-order valence-corrected chi connectivity index (χ3v) is 3.92. The second kappa shape index (κ2) is 6.87. The average Bonchev–Trinajstić information content (AvgIpc) is 2.52. The van der Waals surface area contributed by atoms with Crippen LogP contribution >= 0.6 is 11.8 Å². The summed E-state index contributed by atoms with van der Waals surface area (Å²) in [6.07, 6.45) is -4.65. The number of carboxylic acids is 1. The zero-order valence-corrected chi connectivity index (χ0v) is 12.4. The fourth-order valence-electron chi connectivity index (χ4n) is 1.83. The molecule has 0 aliphatic carbocycles. The van der Waals surface area contributed by atoms with E-state index in [-0.39, 0.29) is 16.4 Å². The van der Waals surface area contributed by atoms with Gasteiger partial charge in [0.1, 0.15) is 0 Å². The maximum absolute atomic E-state index is 12.8. The molecule has 0 saturated heterocycles. The van der Waals surface area contributed by atoms with E-state index in [2.05, 4.69) is 0 Å². The quantitative estimate of drug-likeness (QED) is 0.648. The summed E-state index contributed by atoms with van der Waals surface area (Å²) in [5.74, 6) is -1.78. The van der Waals surface area contributed by atoms with Crippen molar-refractivity contribution in [1.82, 2.24) is 0 Å². The van der Waals surface area contributed by atoms with Crippen molar-refractivity contribution in [3.05, 3.63) is 65.2 Å². The van der Waals surface area contributed by atoms with Gasteiger partial charge in [-0.05, 0) is 18.2 Å². The Morgan fingerprint density at radius 1 is 1.00 bits per heavy atom. The fraction of sp³-hybridized carbons (Fsp3) is 0.125. The van der Waals surface area contributed by atoms with Crippen LogP contribution in [0.25, 0.3) is 0 Å². The summed E-state index contributed by atoms with van der Waals surface area (Å²) >= 11 is 0.872. The molecule has 0 spiro atoms. The van der Waals surface area contributed by atoms with Gasteiger partial charge in [-0.1, -0.05) is 30.3 Å². The van der Waals surface area contributed by atoms with E-state index in [1.165, 1.54) is 0 Å². The smallest absolute Gasteiger partial charge is 0.416 e. The lowest BCUT2D eigenvalue weighted by molar-refractivity contribution is -0.137. The summed E-state index contributed by atoms with van der Waals surface area (Å²) in [7, 11) is 0. The molecule has 0 unspecified atom stereocenters. The second-order valence-corrected chi connectivity index (χ2v) is 5.68. The number of Topliss-reactive ketones (excluding diaryl/α,β-unsaturated/α-hetero) is 1. The molecule has 0 fully saturated rings. The summed E-state index contributed by atoms with van der Waals surface area (Å²) in [6, 6.07) is 10.9. The molecule has 0 amide bonds. The molecular weight excluding hydrogens is 329 g/mol. The number of aromatic carboxylic acids is 1. The number of rotatable bonds is 5. The van der Waals surface area contributed by atoms with Crippen molar-refractivity contribution in [2.45, 2.75) is 11.1 Å². The first-order chi connectivity index (χ1) is 10.8. The molecule has 23 heavy (non-hydrogen) atoms. The van der Waals surface area contributed by atoms with Crippen molar-refractivity contribution < 1.29 is 27.9 Å². The van der Waals surface area contributed by atoms with Gasteiger partial charge >= 0.3 is 12.1 Å². The van der Waals surface area contributed by atoms with Gasteiger partial charge in [-0.15, -0.1) is 11.8 Å². The topological polar surface area (TPSA) is 54.4 Å². The summed E-state index contributed by atoms with van der Waals surface area (Å²) in [4.78, 5) is 23.0. The van der Waals surface area contributed by atoms with Crippen molar-refractivity contribution in [1.29, 1.82) is 0 Å². The maximum atomic E-state index is 12.8. The standard InChI is InChI=1S/C16H11F3O3S/c17-16(18,19)12-6-11(15(21)22)7-13(8-12)23-9-14(20)10-4-2-1-3-5-10/h1-8H,9H2,(H,21,22). The van der Waals surface area contributed by atoms with E-state index in [1.807, 2.05) is 0 Å². The normalized spacial score (nSPS) is 11.3. The van der Waals surface area contributed by atoms with E-state index in [1.54, 1.807) is 30.3 Å². The van der Waals surface area contributed by atoms with Crippen LogP contribution in [0.5, 0.6) is 0 Å². The molecule has 0 saturated carbocycles. The van der Waals surface area contributed by atoms with E-state index in [0.717, 1.165) is 23.9 Å². The molecule has 3 nitrogen and oxygen atoms in total. The fourth-order valence-corrected chi connectivity index (χ4v) is 2.71. The summed E-state index contributed by atoms with van der Waals surface area (Å²) in [6.45, 7) is 0. The van der Waals surface area contributed by atoms with Crippen LogP contribution < -0.4 is 0 Å². The number of hydrogen-bond donors (Lipinski definition) is 1. The molecule has 1 N–H and O–H groups in total. The molecule has 0 aliphatic heterocycles. The minimum atomic E-state index is -4.65. The van der Waals surface area contributed by atoms with Gasteiger partial charge in [-0.3, -0.25) is 4.79 Å². The van der Waals surface area contributed by atoms with Crippen molar-refractivity contribution >= 4 is 23.5 Å². The Morgan fingerprint density at radius 3 is 2.22 bits per heavy atom. The molecular formula is C16H11F3O3S. The summed E-state index contributed by atoms with van der Waals surface area (Å²) in [5.41, 5.74) is -1.06. The zero-order chi connectivity index (χ0) is 17.0. The lowest BCUT2D eigenvalue weighted by Crippen LogP contribution is -2.08. The SMILES string of the molecule is O=C(O)c1cc(SCC(=O)c2ccccc2)cc(C(F)(F)F)c1. The Labute approximate surface area is 134 Å². The van der Waals surface area contributed by atoms with Gasteiger partial charge in [0.15, 0.2) is 5.78 Å². The Kier molecular flexibility index (Phi) is 5.10. The minimum Gasteiger partial charge on any atom is -0.478 e. The van der Waals surface area contributed by atoms with Gasteiger partial charge in [-0.2, -0.15) is 13.2 Å². The van der Waals surface area contributed by atoms with Crippen LogP contribution in [0, 0.1) is 0 Å². The number of halogens is 3. The largest absolute Gasteiger partial charge is 0.478 e. The van der Waals surface area contributed by atoms with E-state index >= 15 is 0 Å². The Hall–Kier alpha value is -2.28. The van der Waals surface area contributed by atoms with Crippen LogP contribution in [-0.2, 0) is 6.18 Å². The highest BCUT2D eigenvalue weighted by molar-refractivity contribution is 8.00. The Balaban J connectivity index is 2.21. The predicted molar refractivity (Wildman–Crippen MR) is 79.9 cm³/mol. The van der Waals surface area contributed by atoms with Crippen molar-refractivity contribution in [2.75, 3.05) is 5.75 Å². The van der Waals surface area contributed by atoms with Crippen molar-refractivity contribution in [3.63, 3.8) is 0 Å². The third-order valence-electron chi connectivity index (χ3n) is 2.95.